The maximum absolute atomic E-state index is 13.9. The van der Waals surface area contributed by atoms with Gasteiger partial charge in [0.2, 0.25) is 0 Å². The molecular formula is C14H19FO. The van der Waals surface area contributed by atoms with Crippen molar-refractivity contribution in [1.82, 2.24) is 0 Å². The van der Waals surface area contributed by atoms with Gasteiger partial charge in [-0.2, -0.15) is 0 Å². The molecule has 88 valence electrons. The molecule has 1 aromatic rings. The molecule has 1 fully saturated rings. The number of aliphatic hydroxyl groups is 1. The Morgan fingerprint density at radius 2 is 1.94 bits per heavy atom. The van der Waals surface area contributed by atoms with Crippen LogP contribution in [0.4, 0.5) is 4.39 Å². The zero-order valence-electron chi connectivity index (χ0n) is 9.96. The third kappa shape index (κ3) is 1.99. The first-order valence-corrected chi connectivity index (χ1v) is 6.13. The third-order valence-electron chi connectivity index (χ3n) is 3.69. The Kier molecular flexibility index (Phi) is 3.02. The molecule has 1 nitrogen and oxygen atoms in total. The SMILES string of the molecule is CCC(CC)c1ccc(C2(O)CC2)cc1F. The Hall–Kier alpha value is -0.890. The fraction of sp³-hybridized carbons (Fsp3) is 0.571. The lowest BCUT2D eigenvalue weighted by atomic mass is 9.92. The van der Waals surface area contributed by atoms with Gasteiger partial charge in [-0.25, -0.2) is 4.39 Å². The molecule has 2 rings (SSSR count). The normalized spacial score (nSPS) is 17.8. The van der Waals surface area contributed by atoms with Gasteiger partial charge in [0, 0.05) is 0 Å². The van der Waals surface area contributed by atoms with Gasteiger partial charge in [-0.1, -0.05) is 26.0 Å². The fourth-order valence-corrected chi connectivity index (χ4v) is 2.28. The summed E-state index contributed by atoms with van der Waals surface area (Å²) in [5.74, 6) is 0.134. The summed E-state index contributed by atoms with van der Waals surface area (Å²) < 4.78 is 13.9. The molecule has 0 unspecified atom stereocenters. The first kappa shape index (κ1) is 11.6. The molecule has 1 aromatic carbocycles. The standard InChI is InChI=1S/C14H19FO/c1-3-10(4-2)12-6-5-11(9-13(12)15)14(16)7-8-14/h5-6,9-10,16H,3-4,7-8H2,1-2H3. The van der Waals surface area contributed by atoms with Crippen molar-refractivity contribution in [3.63, 3.8) is 0 Å². The van der Waals surface area contributed by atoms with Crippen LogP contribution in [0.2, 0.25) is 0 Å². The van der Waals surface area contributed by atoms with Crippen molar-refractivity contribution in [1.29, 1.82) is 0 Å². The highest BCUT2D eigenvalue weighted by Crippen LogP contribution is 2.45. The molecule has 1 N–H and O–H groups in total. The van der Waals surface area contributed by atoms with Crippen LogP contribution in [0.25, 0.3) is 0 Å². The van der Waals surface area contributed by atoms with E-state index in [-0.39, 0.29) is 5.82 Å². The van der Waals surface area contributed by atoms with Crippen LogP contribution in [0.3, 0.4) is 0 Å². The second kappa shape index (κ2) is 4.17. The van der Waals surface area contributed by atoms with Gasteiger partial charge in [0.05, 0.1) is 5.60 Å². The summed E-state index contributed by atoms with van der Waals surface area (Å²) in [6.07, 6.45) is 3.43. The minimum Gasteiger partial charge on any atom is -0.385 e. The second-order valence-corrected chi connectivity index (χ2v) is 4.78. The Labute approximate surface area is 96.3 Å². The number of hydrogen-bond donors (Lipinski definition) is 1. The van der Waals surface area contributed by atoms with Gasteiger partial charge in [0.1, 0.15) is 5.82 Å². The van der Waals surface area contributed by atoms with E-state index in [1.807, 2.05) is 12.1 Å². The fourth-order valence-electron chi connectivity index (χ4n) is 2.28. The molecule has 16 heavy (non-hydrogen) atoms. The highest BCUT2D eigenvalue weighted by atomic mass is 19.1. The highest BCUT2D eigenvalue weighted by molar-refractivity contribution is 5.33. The van der Waals surface area contributed by atoms with E-state index in [4.69, 9.17) is 0 Å². The predicted octanol–water partition coefficient (Wildman–Crippen LogP) is 3.71. The van der Waals surface area contributed by atoms with Crippen LogP contribution >= 0.6 is 0 Å². The highest BCUT2D eigenvalue weighted by Gasteiger charge is 2.42. The topological polar surface area (TPSA) is 20.2 Å². The van der Waals surface area contributed by atoms with Gasteiger partial charge in [0.25, 0.3) is 0 Å². The van der Waals surface area contributed by atoms with Crippen molar-refractivity contribution < 1.29 is 9.50 Å². The number of rotatable bonds is 4. The van der Waals surface area contributed by atoms with Gasteiger partial charge < -0.3 is 5.11 Å². The molecular weight excluding hydrogens is 203 g/mol. The van der Waals surface area contributed by atoms with E-state index in [1.54, 1.807) is 0 Å². The molecule has 1 aliphatic carbocycles. The Bertz CT molecular complexity index is 378. The molecule has 0 spiro atoms. The smallest absolute Gasteiger partial charge is 0.127 e. The third-order valence-corrected chi connectivity index (χ3v) is 3.69. The summed E-state index contributed by atoms with van der Waals surface area (Å²) in [5, 5.41) is 9.90. The molecule has 0 heterocycles. The molecule has 0 atom stereocenters. The predicted molar refractivity (Wildman–Crippen MR) is 62.9 cm³/mol. The quantitative estimate of drug-likeness (QED) is 0.823. The molecule has 1 aliphatic rings. The maximum Gasteiger partial charge on any atom is 0.127 e. The van der Waals surface area contributed by atoms with E-state index < -0.39 is 5.60 Å². The Morgan fingerprint density at radius 3 is 2.38 bits per heavy atom. The zero-order valence-corrected chi connectivity index (χ0v) is 9.96. The van der Waals surface area contributed by atoms with Crippen LogP contribution in [-0.4, -0.2) is 5.11 Å². The molecule has 0 bridgehead atoms. The first-order chi connectivity index (χ1) is 7.60. The lowest BCUT2D eigenvalue weighted by Gasteiger charge is -2.16. The lowest BCUT2D eigenvalue weighted by molar-refractivity contribution is 0.151. The Balaban J connectivity index is 2.29. The second-order valence-electron chi connectivity index (χ2n) is 4.78. The van der Waals surface area contributed by atoms with Crippen molar-refractivity contribution in [3.05, 3.63) is 35.1 Å². The average molecular weight is 222 g/mol. The summed E-state index contributed by atoms with van der Waals surface area (Å²) in [6.45, 7) is 4.16. The largest absolute Gasteiger partial charge is 0.385 e. The van der Waals surface area contributed by atoms with Crippen molar-refractivity contribution in [2.75, 3.05) is 0 Å². The number of benzene rings is 1. The minimum atomic E-state index is -0.729. The van der Waals surface area contributed by atoms with Crippen LogP contribution in [0.1, 0.15) is 56.6 Å². The molecule has 0 saturated heterocycles. The molecule has 0 amide bonds. The van der Waals surface area contributed by atoms with Crippen molar-refractivity contribution >= 4 is 0 Å². The summed E-state index contributed by atoms with van der Waals surface area (Å²) in [7, 11) is 0. The molecule has 0 radical (unpaired) electrons. The summed E-state index contributed by atoms with van der Waals surface area (Å²) in [6, 6.07) is 5.24. The first-order valence-electron chi connectivity index (χ1n) is 6.13. The van der Waals surface area contributed by atoms with Crippen molar-refractivity contribution in [2.24, 2.45) is 0 Å². The summed E-state index contributed by atoms with van der Waals surface area (Å²) in [5.41, 5.74) is 0.797. The minimum absolute atomic E-state index is 0.161. The molecule has 2 heteroatoms. The van der Waals surface area contributed by atoms with E-state index in [0.29, 0.717) is 5.92 Å². The van der Waals surface area contributed by atoms with Crippen LogP contribution in [0.15, 0.2) is 18.2 Å². The Morgan fingerprint density at radius 1 is 1.31 bits per heavy atom. The van der Waals surface area contributed by atoms with E-state index in [1.165, 1.54) is 6.07 Å². The summed E-state index contributed by atoms with van der Waals surface area (Å²) >= 11 is 0. The number of hydrogen-bond acceptors (Lipinski definition) is 1. The maximum atomic E-state index is 13.9. The van der Waals surface area contributed by atoms with Crippen LogP contribution in [0, 0.1) is 5.82 Å². The number of halogens is 1. The van der Waals surface area contributed by atoms with Crippen LogP contribution in [0.5, 0.6) is 0 Å². The van der Waals surface area contributed by atoms with Gasteiger partial charge in [-0.3, -0.25) is 0 Å². The molecule has 0 aliphatic heterocycles. The monoisotopic (exact) mass is 222 g/mol. The van der Waals surface area contributed by atoms with Crippen LogP contribution < -0.4 is 0 Å². The van der Waals surface area contributed by atoms with Gasteiger partial charge in [0.15, 0.2) is 0 Å². The van der Waals surface area contributed by atoms with Crippen LogP contribution in [-0.2, 0) is 5.60 Å². The lowest BCUT2D eigenvalue weighted by Crippen LogP contribution is -2.07. The van der Waals surface area contributed by atoms with E-state index in [0.717, 1.165) is 36.8 Å². The molecule has 1 saturated carbocycles. The van der Waals surface area contributed by atoms with Gasteiger partial charge in [-0.15, -0.1) is 0 Å². The molecule has 0 aromatic heterocycles. The summed E-state index contributed by atoms with van der Waals surface area (Å²) in [4.78, 5) is 0. The van der Waals surface area contributed by atoms with Crippen molar-refractivity contribution in [3.8, 4) is 0 Å². The van der Waals surface area contributed by atoms with Gasteiger partial charge in [-0.05, 0) is 48.8 Å². The van der Waals surface area contributed by atoms with E-state index in [2.05, 4.69) is 13.8 Å². The van der Waals surface area contributed by atoms with E-state index in [9.17, 15) is 9.50 Å². The van der Waals surface area contributed by atoms with Crippen molar-refractivity contribution in [2.45, 2.75) is 51.0 Å². The van der Waals surface area contributed by atoms with Gasteiger partial charge >= 0.3 is 0 Å². The zero-order chi connectivity index (χ0) is 11.8. The van der Waals surface area contributed by atoms with E-state index >= 15 is 0 Å². The average Bonchev–Trinajstić information content (AvgIpc) is 3.02.